The first-order valence-corrected chi connectivity index (χ1v) is 9.46. The van der Waals surface area contributed by atoms with Crippen LogP contribution in [0.15, 0.2) is 48.5 Å². The second kappa shape index (κ2) is 8.82. The van der Waals surface area contributed by atoms with Gasteiger partial charge in [0.2, 0.25) is 5.91 Å². The first kappa shape index (κ1) is 19.1. The number of nitrogens with one attached hydrogen (secondary N) is 1. The number of fused-ring (bicyclic) bond motifs is 1. The molecule has 0 spiro atoms. The smallest absolute Gasteiger partial charge is 0.219 e. The molecule has 0 aliphatic carbocycles. The van der Waals surface area contributed by atoms with Crippen molar-refractivity contribution in [3.05, 3.63) is 64.9 Å². The zero-order chi connectivity index (χ0) is 19.2. The van der Waals surface area contributed by atoms with Gasteiger partial charge in [-0.15, -0.1) is 0 Å². The van der Waals surface area contributed by atoms with Gasteiger partial charge in [-0.1, -0.05) is 30.7 Å². The Kier molecular flexibility index (Phi) is 6.24. The summed E-state index contributed by atoms with van der Waals surface area (Å²) in [6.07, 6.45) is 1.94. The van der Waals surface area contributed by atoms with Crippen LogP contribution < -0.4 is 5.32 Å². The fourth-order valence-corrected chi connectivity index (χ4v) is 3.09. The first-order valence-electron chi connectivity index (χ1n) is 9.08. The number of carbonyl (C=O) groups excluding carboxylic acids is 2. The van der Waals surface area contributed by atoms with Crippen LogP contribution >= 0.6 is 11.6 Å². The predicted octanol–water partition coefficient (Wildman–Crippen LogP) is 4.03. The number of carbonyl (C=O) groups is 2. The molecule has 0 bridgehead atoms. The summed E-state index contributed by atoms with van der Waals surface area (Å²) in [5, 5.41) is 3.48. The van der Waals surface area contributed by atoms with E-state index in [0.717, 1.165) is 23.3 Å². The molecule has 3 rings (SSSR count). The van der Waals surface area contributed by atoms with E-state index in [1.54, 1.807) is 24.3 Å². The van der Waals surface area contributed by atoms with E-state index in [4.69, 9.17) is 11.6 Å². The van der Waals surface area contributed by atoms with Crippen molar-refractivity contribution in [2.45, 2.75) is 32.7 Å². The highest BCUT2D eigenvalue weighted by molar-refractivity contribution is 6.30. The molecule has 0 aliphatic rings. The average Bonchev–Trinajstić information content (AvgIpc) is 3.03. The number of rotatable bonds is 8. The molecule has 0 saturated carbocycles. The molecular formula is C21H22ClN3O2. The maximum atomic E-state index is 12.7. The zero-order valence-electron chi connectivity index (χ0n) is 15.2. The molecule has 2 aromatic carbocycles. The van der Waals surface area contributed by atoms with E-state index in [1.165, 1.54) is 0 Å². The van der Waals surface area contributed by atoms with E-state index in [0.29, 0.717) is 30.0 Å². The number of imidazole rings is 1. The zero-order valence-corrected chi connectivity index (χ0v) is 16.0. The minimum atomic E-state index is 0.00959. The number of para-hydroxylation sites is 2. The number of amides is 1. The minimum Gasteiger partial charge on any atom is -0.356 e. The number of halogens is 1. The van der Waals surface area contributed by atoms with Gasteiger partial charge in [-0.05, 0) is 42.8 Å². The Labute approximate surface area is 163 Å². The molecule has 140 valence electrons. The Morgan fingerprint density at radius 2 is 1.85 bits per heavy atom. The molecule has 0 saturated heterocycles. The van der Waals surface area contributed by atoms with E-state index >= 15 is 0 Å². The molecule has 0 radical (unpaired) electrons. The summed E-state index contributed by atoms with van der Waals surface area (Å²) in [5.41, 5.74) is 2.43. The molecule has 0 aliphatic heterocycles. The number of aromatic nitrogens is 2. The van der Waals surface area contributed by atoms with E-state index in [2.05, 4.69) is 10.3 Å². The molecule has 3 aromatic rings. The third kappa shape index (κ3) is 4.74. The van der Waals surface area contributed by atoms with Gasteiger partial charge in [0.1, 0.15) is 5.82 Å². The summed E-state index contributed by atoms with van der Waals surface area (Å²) < 4.78 is 1.97. The average molecular weight is 384 g/mol. The molecule has 0 fully saturated rings. The predicted molar refractivity (Wildman–Crippen MR) is 107 cm³/mol. The fraction of sp³-hybridized carbons (Fsp3) is 0.286. The molecule has 0 unspecified atom stereocenters. The Morgan fingerprint density at radius 1 is 1.11 bits per heavy atom. The summed E-state index contributed by atoms with van der Waals surface area (Å²) >= 11 is 5.91. The number of nitrogens with zero attached hydrogens (tertiary/aromatic N) is 2. The third-order valence-corrected chi connectivity index (χ3v) is 4.67. The van der Waals surface area contributed by atoms with Gasteiger partial charge in [-0.25, -0.2) is 4.98 Å². The lowest BCUT2D eigenvalue weighted by Crippen LogP contribution is -2.24. The maximum absolute atomic E-state index is 12.7. The lowest BCUT2D eigenvalue weighted by molar-refractivity contribution is -0.120. The first-order chi connectivity index (χ1) is 13.1. The van der Waals surface area contributed by atoms with Crippen LogP contribution in [0.3, 0.4) is 0 Å². The largest absolute Gasteiger partial charge is 0.356 e. The third-order valence-electron chi connectivity index (χ3n) is 4.42. The lowest BCUT2D eigenvalue weighted by atomic mass is 10.1. The Hall–Kier alpha value is -2.66. The number of ketones is 1. The highest BCUT2D eigenvalue weighted by Gasteiger charge is 2.14. The van der Waals surface area contributed by atoms with Gasteiger partial charge in [0.15, 0.2) is 5.78 Å². The lowest BCUT2D eigenvalue weighted by Gasteiger charge is -2.09. The van der Waals surface area contributed by atoms with Crippen LogP contribution in [0.4, 0.5) is 0 Å². The molecule has 1 heterocycles. The van der Waals surface area contributed by atoms with Gasteiger partial charge < -0.3 is 9.88 Å². The number of Topliss-reactive ketones (excluding diaryl/α,β-unsaturated/α-hetero) is 1. The SMILES string of the molecule is CCC(=O)NCCCc1nc2ccccc2n1CC(=O)c1ccc(Cl)cc1. The van der Waals surface area contributed by atoms with Crippen LogP contribution in [-0.2, 0) is 17.8 Å². The Bertz CT molecular complexity index is 948. The fourth-order valence-electron chi connectivity index (χ4n) is 2.96. The van der Waals surface area contributed by atoms with Crippen LogP contribution in [-0.4, -0.2) is 27.8 Å². The van der Waals surface area contributed by atoms with Gasteiger partial charge in [-0.3, -0.25) is 9.59 Å². The van der Waals surface area contributed by atoms with Crippen LogP contribution in [0.5, 0.6) is 0 Å². The topological polar surface area (TPSA) is 64.0 Å². The molecule has 0 atom stereocenters. The van der Waals surface area contributed by atoms with Crippen LogP contribution in [0.25, 0.3) is 11.0 Å². The molecule has 5 nitrogen and oxygen atoms in total. The van der Waals surface area contributed by atoms with Crippen molar-refractivity contribution >= 4 is 34.3 Å². The quantitative estimate of drug-likeness (QED) is 0.471. The van der Waals surface area contributed by atoms with Crippen LogP contribution in [0.2, 0.25) is 5.02 Å². The second-order valence-electron chi connectivity index (χ2n) is 6.34. The van der Waals surface area contributed by atoms with E-state index in [1.807, 2.05) is 35.8 Å². The van der Waals surface area contributed by atoms with Crippen LogP contribution in [0.1, 0.15) is 35.9 Å². The Morgan fingerprint density at radius 3 is 2.59 bits per heavy atom. The van der Waals surface area contributed by atoms with Crippen molar-refractivity contribution in [2.75, 3.05) is 6.54 Å². The molecule has 1 amide bonds. The number of aryl methyl sites for hydroxylation is 1. The molecule has 6 heteroatoms. The summed E-state index contributed by atoms with van der Waals surface area (Å²) in [7, 11) is 0. The molecule has 27 heavy (non-hydrogen) atoms. The second-order valence-corrected chi connectivity index (χ2v) is 6.78. The van der Waals surface area contributed by atoms with E-state index in [9.17, 15) is 9.59 Å². The minimum absolute atomic E-state index is 0.00959. The van der Waals surface area contributed by atoms with Crippen molar-refractivity contribution in [3.63, 3.8) is 0 Å². The highest BCUT2D eigenvalue weighted by atomic mass is 35.5. The van der Waals surface area contributed by atoms with Gasteiger partial charge in [0, 0.05) is 30.0 Å². The summed E-state index contributed by atoms with van der Waals surface area (Å²) in [6.45, 7) is 2.65. The maximum Gasteiger partial charge on any atom is 0.219 e. The van der Waals surface area contributed by atoms with Gasteiger partial charge >= 0.3 is 0 Å². The normalized spacial score (nSPS) is 10.9. The van der Waals surface area contributed by atoms with E-state index < -0.39 is 0 Å². The van der Waals surface area contributed by atoms with E-state index in [-0.39, 0.29) is 18.2 Å². The van der Waals surface area contributed by atoms with Gasteiger partial charge in [-0.2, -0.15) is 0 Å². The standard InChI is InChI=1S/C21H22ClN3O2/c1-2-21(27)23-13-5-8-20-24-17-6-3-4-7-18(17)25(20)14-19(26)15-9-11-16(22)12-10-15/h3-4,6-7,9-12H,2,5,8,13-14H2,1H3,(H,23,27). The molecule has 1 aromatic heterocycles. The van der Waals surface area contributed by atoms with Crippen molar-refractivity contribution in [1.29, 1.82) is 0 Å². The van der Waals surface area contributed by atoms with Crippen molar-refractivity contribution in [3.8, 4) is 0 Å². The van der Waals surface area contributed by atoms with Gasteiger partial charge in [0.25, 0.3) is 0 Å². The van der Waals surface area contributed by atoms with Crippen molar-refractivity contribution < 1.29 is 9.59 Å². The monoisotopic (exact) mass is 383 g/mol. The Balaban J connectivity index is 1.78. The summed E-state index contributed by atoms with van der Waals surface area (Å²) in [6, 6.07) is 14.7. The molecule has 1 N–H and O–H groups in total. The van der Waals surface area contributed by atoms with Crippen LogP contribution in [0, 0.1) is 0 Å². The summed E-state index contributed by atoms with van der Waals surface area (Å²) in [4.78, 5) is 28.8. The number of hydrogen-bond donors (Lipinski definition) is 1. The molecular weight excluding hydrogens is 362 g/mol. The highest BCUT2D eigenvalue weighted by Crippen LogP contribution is 2.19. The van der Waals surface area contributed by atoms with Gasteiger partial charge in [0.05, 0.1) is 17.6 Å². The number of hydrogen-bond acceptors (Lipinski definition) is 3. The summed E-state index contributed by atoms with van der Waals surface area (Å²) in [5.74, 6) is 0.904. The van der Waals surface area contributed by atoms with Crippen molar-refractivity contribution in [2.24, 2.45) is 0 Å². The number of benzene rings is 2. The van der Waals surface area contributed by atoms with Crippen molar-refractivity contribution in [1.82, 2.24) is 14.9 Å².